The topological polar surface area (TPSA) is 33.2 Å². The number of hydrogen-bond donors (Lipinski definition) is 0. The van der Waals surface area contributed by atoms with Crippen LogP contribution >= 0.6 is 11.6 Å². The molecule has 0 spiro atoms. The van der Waals surface area contributed by atoms with Crippen molar-refractivity contribution in [3.8, 4) is 0 Å². The summed E-state index contributed by atoms with van der Waals surface area (Å²) in [7, 11) is 0. The van der Waals surface area contributed by atoms with Crippen LogP contribution < -0.4 is 0 Å². The Bertz CT molecular complexity index is 925. The van der Waals surface area contributed by atoms with E-state index in [0.717, 1.165) is 27.6 Å². The Morgan fingerprint density at radius 3 is 2.56 bits per heavy atom. The summed E-state index contributed by atoms with van der Waals surface area (Å²) in [5, 5.41) is 1.39. The van der Waals surface area contributed by atoms with Crippen molar-refractivity contribution in [2.45, 2.75) is 26.9 Å². The Hall–Kier alpha value is -2.46. The van der Waals surface area contributed by atoms with Gasteiger partial charge in [-0.1, -0.05) is 41.9 Å². The molecule has 0 unspecified atom stereocenters. The molecule has 1 heterocycles. The molecule has 3 nitrogen and oxygen atoms in total. The predicted molar refractivity (Wildman–Crippen MR) is 97.8 cm³/mol. The van der Waals surface area contributed by atoms with E-state index in [1.54, 1.807) is 17.0 Å². The number of fused-ring (bicyclic) bond motifs is 1. The molecule has 0 saturated carbocycles. The van der Waals surface area contributed by atoms with Crippen LogP contribution in [0.2, 0.25) is 5.15 Å². The van der Waals surface area contributed by atoms with Gasteiger partial charge in [-0.25, -0.2) is 9.37 Å². The Labute approximate surface area is 151 Å². The number of nitrogens with zero attached hydrogens (tertiary/aromatic N) is 2. The van der Waals surface area contributed by atoms with E-state index in [4.69, 9.17) is 11.6 Å². The van der Waals surface area contributed by atoms with Gasteiger partial charge in [0.1, 0.15) is 11.0 Å². The van der Waals surface area contributed by atoms with Gasteiger partial charge in [-0.15, -0.1) is 0 Å². The first-order valence-corrected chi connectivity index (χ1v) is 8.36. The number of aryl methyl sites for hydroxylation is 1. The molecular weight excluding hydrogens is 339 g/mol. The summed E-state index contributed by atoms with van der Waals surface area (Å²) in [5.74, 6) is -0.375. The molecule has 1 aromatic heterocycles. The Morgan fingerprint density at radius 2 is 1.88 bits per heavy atom. The number of benzene rings is 2. The number of halogens is 2. The molecule has 0 aliphatic rings. The van der Waals surface area contributed by atoms with E-state index in [0.29, 0.717) is 18.2 Å². The van der Waals surface area contributed by atoms with Crippen LogP contribution in [0, 0.1) is 12.7 Å². The van der Waals surface area contributed by atoms with Crippen molar-refractivity contribution in [1.29, 1.82) is 0 Å². The van der Waals surface area contributed by atoms with Crippen LogP contribution in [0.25, 0.3) is 10.9 Å². The van der Waals surface area contributed by atoms with Crippen molar-refractivity contribution in [3.05, 3.63) is 76.2 Å². The second kappa shape index (κ2) is 7.19. The lowest BCUT2D eigenvalue weighted by atomic mass is 10.1. The molecule has 0 fully saturated rings. The zero-order valence-corrected chi connectivity index (χ0v) is 14.8. The summed E-state index contributed by atoms with van der Waals surface area (Å²) in [5.41, 5.74) is 3.57. The molecule has 0 bridgehead atoms. The average molecular weight is 357 g/mol. The normalized spacial score (nSPS) is 10.9. The van der Waals surface area contributed by atoms with Gasteiger partial charge in [0, 0.05) is 31.0 Å². The summed E-state index contributed by atoms with van der Waals surface area (Å²) < 4.78 is 13.1. The number of para-hydroxylation sites is 1. The smallest absolute Gasteiger partial charge is 0.220 e. The maximum Gasteiger partial charge on any atom is 0.220 e. The van der Waals surface area contributed by atoms with Crippen LogP contribution in [0.3, 0.4) is 0 Å². The van der Waals surface area contributed by atoms with Gasteiger partial charge in [0.2, 0.25) is 5.91 Å². The van der Waals surface area contributed by atoms with E-state index >= 15 is 0 Å². The highest BCUT2D eigenvalue weighted by Crippen LogP contribution is 2.24. The molecule has 128 valence electrons. The third kappa shape index (κ3) is 3.97. The van der Waals surface area contributed by atoms with Crippen molar-refractivity contribution < 1.29 is 9.18 Å². The van der Waals surface area contributed by atoms with Crippen LogP contribution in [0.15, 0.2) is 48.5 Å². The van der Waals surface area contributed by atoms with Crippen LogP contribution in [0.5, 0.6) is 0 Å². The summed E-state index contributed by atoms with van der Waals surface area (Å²) >= 11 is 6.35. The second-order valence-electron chi connectivity index (χ2n) is 6.09. The lowest BCUT2D eigenvalue weighted by Gasteiger charge is -2.22. The number of hydrogen-bond acceptors (Lipinski definition) is 2. The molecule has 25 heavy (non-hydrogen) atoms. The van der Waals surface area contributed by atoms with E-state index in [-0.39, 0.29) is 11.7 Å². The predicted octanol–water partition coefficient (Wildman–Crippen LogP) is 4.88. The molecule has 0 saturated heterocycles. The van der Waals surface area contributed by atoms with Crippen LogP contribution in [-0.4, -0.2) is 15.8 Å². The molecule has 5 heteroatoms. The lowest BCUT2D eigenvalue weighted by Crippen LogP contribution is -2.27. The number of carbonyl (C=O) groups excluding carboxylic acids is 1. The fourth-order valence-corrected chi connectivity index (χ4v) is 2.97. The Kier molecular flexibility index (Phi) is 5.00. The van der Waals surface area contributed by atoms with Crippen LogP contribution in [0.1, 0.15) is 23.6 Å². The Morgan fingerprint density at radius 1 is 1.16 bits per heavy atom. The molecule has 3 aromatic rings. The quantitative estimate of drug-likeness (QED) is 0.624. The summed E-state index contributed by atoms with van der Waals surface area (Å²) in [6.07, 6.45) is 0. The maximum absolute atomic E-state index is 13.1. The fourth-order valence-electron chi connectivity index (χ4n) is 2.77. The van der Waals surface area contributed by atoms with E-state index in [1.165, 1.54) is 19.1 Å². The van der Waals surface area contributed by atoms with Gasteiger partial charge >= 0.3 is 0 Å². The van der Waals surface area contributed by atoms with Crippen molar-refractivity contribution >= 4 is 28.4 Å². The van der Waals surface area contributed by atoms with Gasteiger partial charge in [-0.3, -0.25) is 4.79 Å². The van der Waals surface area contributed by atoms with Gasteiger partial charge < -0.3 is 4.90 Å². The van der Waals surface area contributed by atoms with E-state index in [1.807, 2.05) is 31.2 Å². The molecule has 2 aromatic carbocycles. The third-order valence-corrected chi connectivity index (χ3v) is 4.49. The number of pyridine rings is 1. The monoisotopic (exact) mass is 356 g/mol. The summed E-state index contributed by atoms with van der Waals surface area (Å²) in [6, 6.07) is 14.0. The van der Waals surface area contributed by atoms with Gasteiger partial charge in [0.15, 0.2) is 0 Å². The molecule has 0 aliphatic carbocycles. The molecule has 1 amide bonds. The number of rotatable bonds is 4. The van der Waals surface area contributed by atoms with Gasteiger partial charge in [0.25, 0.3) is 0 Å². The van der Waals surface area contributed by atoms with Crippen molar-refractivity contribution in [2.75, 3.05) is 0 Å². The molecule has 0 atom stereocenters. The molecule has 0 radical (unpaired) electrons. The zero-order chi connectivity index (χ0) is 18.0. The van der Waals surface area contributed by atoms with E-state index in [2.05, 4.69) is 4.98 Å². The highest BCUT2D eigenvalue weighted by Gasteiger charge is 2.14. The minimum Gasteiger partial charge on any atom is -0.334 e. The largest absolute Gasteiger partial charge is 0.334 e. The maximum atomic E-state index is 13.1. The summed E-state index contributed by atoms with van der Waals surface area (Å²) in [6.45, 7) is 4.23. The number of amides is 1. The first kappa shape index (κ1) is 17.4. The van der Waals surface area contributed by atoms with Crippen molar-refractivity contribution in [1.82, 2.24) is 9.88 Å². The van der Waals surface area contributed by atoms with Crippen molar-refractivity contribution in [3.63, 3.8) is 0 Å². The van der Waals surface area contributed by atoms with Gasteiger partial charge in [0.05, 0.1) is 5.52 Å². The highest BCUT2D eigenvalue weighted by molar-refractivity contribution is 6.30. The standard InChI is InChI=1S/C20H18ClFN2O/c1-13-4-3-5-16-10-17(20(21)23-19(13)16)12-24(14(2)25)11-15-6-8-18(22)9-7-15/h3-10H,11-12H2,1-2H3. The highest BCUT2D eigenvalue weighted by atomic mass is 35.5. The molecule has 0 N–H and O–H groups in total. The molecular formula is C20H18ClFN2O. The molecule has 3 rings (SSSR count). The average Bonchev–Trinajstić information content (AvgIpc) is 2.57. The lowest BCUT2D eigenvalue weighted by molar-refractivity contribution is -0.130. The van der Waals surface area contributed by atoms with Gasteiger partial charge in [-0.2, -0.15) is 0 Å². The fraction of sp³-hybridized carbons (Fsp3) is 0.200. The minimum atomic E-state index is -0.296. The number of carbonyl (C=O) groups is 1. The SMILES string of the molecule is CC(=O)N(Cc1ccc(F)cc1)Cc1cc2cccc(C)c2nc1Cl. The second-order valence-corrected chi connectivity index (χ2v) is 6.44. The van der Waals surface area contributed by atoms with Crippen molar-refractivity contribution in [2.24, 2.45) is 0 Å². The van der Waals surface area contributed by atoms with Crippen LogP contribution in [-0.2, 0) is 17.9 Å². The first-order valence-electron chi connectivity index (χ1n) is 7.99. The minimum absolute atomic E-state index is 0.0790. The van der Waals surface area contributed by atoms with E-state index in [9.17, 15) is 9.18 Å². The first-order chi connectivity index (χ1) is 11.9. The van der Waals surface area contributed by atoms with Crippen LogP contribution in [0.4, 0.5) is 4.39 Å². The van der Waals surface area contributed by atoms with Gasteiger partial charge in [-0.05, 0) is 36.2 Å². The third-order valence-electron chi connectivity index (χ3n) is 4.17. The summed E-state index contributed by atoms with van der Waals surface area (Å²) in [4.78, 5) is 18.2. The Balaban J connectivity index is 1.89. The molecule has 0 aliphatic heterocycles. The number of aromatic nitrogens is 1. The zero-order valence-electron chi connectivity index (χ0n) is 14.1. The van der Waals surface area contributed by atoms with E-state index < -0.39 is 0 Å².